The van der Waals surface area contributed by atoms with Gasteiger partial charge in [-0.2, -0.15) is 0 Å². The molecule has 1 atom stereocenters. The second kappa shape index (κ2) is 3.86. The smallest absolute Gasteiger partial charge is 0.321 e. The molecule has 0 aliphatic rings. The second-order valence-electron chi connectivity index (χ2n) is 1.17. The lowest BCUT2D eigenvalue weighted by Crippen LogP contribution is -2.18. The molecule has 8 heavy (non-hydrogen) atoms. The zero-order chi connectivity index (χ0) is 6.57. The predicted octanol–water partition coefficient (Wildman–Crippen LogP) is -0.0848. The molecule has 1 N–H and O–H groups in total. The highest BCUT2D eigenvalue weighted by Crippen LogP contribution is 1.98. The van der Waals surface area contributed by atoms with Crippen LogP contribution in [0.15, 0.2) is 0 Å². The summed E-state index contributed by atoms with van der Waals surface area (Å²) < 4.78 is 4.26. The third kappa shape index (κ3) is 2.28. The highest BCUT2D eigenvalue weighted by atomic mass is 79.9. The maximum absolute atomic E-state index is 10.3. The standard InChI is InChI=1S/C4H7BrO3/c1-8-4(7)3(5)2-6/h3,6H,2H2,1H3/t3-/m0/s1. The van der Waals surface area contributed by atoms with Gasteiger partial charge in [0.05, 0.1) is 13.7 Å². The van der Waals surface area contributed by atoms with Crippen LogP contribution >= 0.6 is 15.9 Å². The van der Waals surface area contributed by atoms with Gasteiger partial charge in [-0.25, -0.2) is 0 Å². The number of alkyl halides is 1. The van der Waals surface area contributed by atoms with Gasteiger partial charge in [0.15, 0.2) is 0 Å². The average molecular weight is 183 g/mol. The molecule has 0 aliphatic carbocycles. The van der Waals surface area contributed by atoms with Crippen molar-refractivity contribution in [3.8, 4) is 0 Å². The summed E-state index contributed by atoms with van der Waals surface area (Å²) in [5, 5.41) is 8.29. The molecule has 0 radical (unpaired) electrons. The van der Waals surface area contributed by atoms with E-state index in [0.29, 0.717) is 0 Å². The molecule has 0 amide bonds. The van der Waals surface area contributed by atoms with E-state index in [1.807, 2.05) is 0 Å². The van der Waals surface area contributed by atoms with E-state index in [-0.39, 0.29) is 6.61 Å². The van der Waals surface area contributed by atoms with Crippen molar-refractivity contribution in [3.05, 3.63) is 0 Å². The lowest BCUT2D eigenvalue weighted by atomic mass is 10.5. The minimum absolute atomic E-state index is 0.229. The first-order chi connectivity index (χ1) is 3.72. The van der Waals surface area contributed by atoms with Gasteiger partial charge >= 0.3 is 5.97 Å². The Kier molecular flexibility index (Phi) is 3.81. The van der Waals surface area contributed by atoms with E-state index >= 15 is 0 Å². The lowest BCUT2D eigenvalue weighted by molar-refractivity contribution is -0.140. The Labute approximate surface area is 55.8 Å². The maximum atomic E-state index is 10.3. The van der Waals surface area contributed by atoms with Crippen LogP contribution in [0, 0.1) is 0 Å². The summed E-state index contributed by atoms with van der Waals surface area (Å²) in [4.78, 5) is 9.74. The summed E-state index contributed by atoms with van der Waals surface area (Å²) in [6.07, 6.45) is 0. The Hall–Kier alpha value is -0.0900. The van der Waals surface area contributed by atoms with Crippen molar-refractivity contribution in [2.75, 3.05) is 13.7 Å². The molecule has 48 valence electrons. The van der Waals surface area contributed by atoms with Gasteiger partial charge in [0.2, 0.25) is 0 Å². The first-order valence-electron chi connectivity index (χ1n) is 2.05. The molecule has 0 fully saturated rings. The molecule has 4 heteroatoms. The quantitative estimate of drug-likeness (QED) is 0.480. The number of carbonyl (C=O) groups excluding carboxylic acids is 1. The van der Waals surface area contributed by atoms with Crippen molar-refractivity contribution in [2.24, 2.45) is 0 Å². The lowest BCUT2D eigenvalue weighted by Gasteiger charge is -2.00. The van der Waals surface area contributed by atoms with Gasteiger partial charge in [0.1, 0.15) is 4.83 Å². The number of aliphatic hydroxyl groups is 1. The molecule has 0 heterocycles. The van der Waals surface area contributed by atoms with Crippen LogP contribution in [-0.2, 0) is 9.53 Å². The molecule has 0 unspecified atom stereocenters. The van der Waals surface area contributed by atoms with Gasteiger partial charge in [-0.15, -0.1) is 0 Å². The summed E-state index contributed by atoms with van der Waals surface area (Å²) in [5.41, 5.74) is 0. The van der Waals surface area contributed by atoms with Crippen molar-refractivity contribution in [1.82, 2.24) is 0 Å². The van der Waals surface area contributed by atoms with Crippen LogP contribution in [0.25, 0.3) is 0 Å². The fourth-order valence-electron chi connectivity index (χ4n) is 0.202. The molecule has 0 bridgehead atoms. The number of carbonyl (C=O) groups is 1. The summed E-state index contributed by atoms with van der Waals surface area (Å²) >= 11 is 2.88. The van der Waals surface area contributed by atoms with E-state index < -0.39 is 10.8 Å². The number of aliphatic hydroxyl groups excluding tert-OH is 1. The van der Waals surface area contributed by atoms with Crippen LogP contribution in [0.3, 0.4) is 0 Å². The molecule has 0 aromatic heterocycles. The van der Waals surface area contributed by atoms with Crippen LogP contribution in [0.2, 0.25) is 0 Å². The minimum Gasteiger partial charge on any atom is -0.468 e. The normalized spacial score (nSPS) is 12.9. The fraction of sp³-hybridized carbons (Fsp3) is 0.750. The molecule has 0 spiro atoms. The van der Waals surface area contributed by atoms with Gasteiger partial charge < -0.3 is 9.84 Å². The highest BCUT2D eigenvalue weighted by molar-refractivity contribution is 9.10. The second-order valence-corrected chi connectivity index (χ2v) is 2.28. The number of halogens is 1. The van der Waals surface area contributed by atoms with E-state index in [0.717, 1.165) is 0 Å². The van der Waals surface area contributed by atoms with Gasteiger partial charge in [-0.3, -0.25) is 4.79 Å². The number of ether oxygens (including phenoxy) is 1. The van der Waals surface area contributed by atoms with Crippen molar-refractivity contribution in [2.45, 2.75) is 4.83 Å². The van der Waals surface area contributed by atoms with Crippen LogP contribution in [0.4, 0.5) is 0 Å². The largest absolute Gasteiger partial charge is 0.468 e. The van der Waals surface area contributed by atoms with E-state index in [4.69, 9.17) is 5.11 Å². The van der Waals surface area contributed by atoms with Crippen LogP contribution in [-0.4, -0.2) is 29.6 Å². The van der Waals surface area contributed by atoms with E-state index in [1.165, 1.54) is 7.11 Å². The molecular weight excluding hydrogens is 176 g/mol. The Bertz CT molecular complexity index is 83.4. The van der Waals surface area contributed by atoms with Gasteiger partial charge in [-0.05, 0) is 0 Å². The first-order valence-corrected chi connectivity index (χ1v) is 2.96. The van der Waals surface area contributed by atoms with Gasteiger partial charge in [-0.1, -0.05) is 15.9 Å². The predicted molar refractivity (Wildman–Crippen MR) is 31.8 cm³/mol. The molecule has 0 aromatic rings. The van der Waals surface area contributed by atoms with E-state index in [1.54, 1.807) is 0 Å². The third-order valence-corrected chi connectivity index (χ3v) is 1.28. The van der Waals surface area contributed by atoms with Crippen LogP contribution in [0.1, 0.15) is 0 Å². The highest BCUT2D eigenvalue weighted by Gasteiger charge is 2.11. The number of methoxy groups -OCH3 is 1. The van der Waals surface area contributed by atoms with Crippen LogP contribution < -0.4 is 0 Å². The fourth-order valence-corrected chi connectivity index (χ4v) is 0.389. The topological polar surface area (TPSA) is 46.5 Å². The zero-order valence-corrected chi connectivity index (χ0v) is 6.01. The Morgan fingerprint density at radius 3 is 2.62 bits per heavy atom. The molecule has 0 rings (SSSR count). The Morgan fingerprint density at radius 1 is 2.00 bits per heavy atom. The molecule has 0 saturated carbocycles. The van der Waals surface area contributed by atoms with Crippen molar-refractivity contribution in [3.63, 3.8) is 0 Å². The van der Waals surface area contributed by atoms with Gasteiger partial charge in [0.25, 0.3) is 0 Å². The molecular formula is C4H7BrO3. The van der Waals surface area contributed by atoms with Crippen molar-refractivity contribution >= 4 is 21.9 Å². The summed E-state index contributed by atoms with van der Waals surface area (Å²) in [6, 6.07) is 0. The Balaban J connectivity index is 3.46. The molecule has 0 aromatic carbocycles. The summed E-state index contributed by atoms with van der Waals surface area (Å²) in [6.45, 7) is -0.229. The Morgan fingerprint density at radius 2 is 2.50 bits per heavy atom. The van der Waals surface area contributed by atoms with Gasteiger partial charge in [0, 0.05) is 0 Å². The molecule has 0 saturated heterocycles. The van der Waals surface area contributed by atoms with Crippen molar-refractivity contribution < 1.29 is 14.6 Å². The van der Waals surface area contributed by atoms with Crippen LogP contribution in [0.5, 0.6) is 0 Å². The van der Waals surface area contributed by atoms with Crippen molar-refractivity contribution in [1.29, 1.82) is 0 Å². The summed E-state index contributed by atoms with van der Waals surface area (Å²) in [7, 11) is 1.27. The molecule has 3 nitrogen and oxygen atoms in total. The molecule has 0 aliphatic heterocycles. The first kappa shape index (κ1) is 7.91. The number of hydrogen-bond donors (Lipinski definition) is 1. The zero-order valence-electron chi connectivity index (χ0n) is 4.43. The number of esters is 1. The maximum Gasteiger partial charge on any atom is 0.321 e. The summed E-state index contributed by atoms with van der Waals surface area (Å²) in [5.74, 6) is -0.451. The number of hydrogen-bond acceptors (Lipinski definition) is 3. The van der Waals surface area contributed by atoms with E-state index in [2.05, 4.69) is 20.7 Å². The third-order valence-electron chi connectivity index (χ3n) is 0.617. The minimum atomic E-state index is -0.576. The SMILES string of the molecule is COC(=O)[C@@H](Br)CO. The monoisotopic (exact) mass is 182 g/mol. The average Bonchev–Trinajstić information content (AvgIpc) is 1.84. The van der Waals surface area contributed by atoms with E-state index in [9.17, 15) is 4.79 Å². The number of rotatable bonds is 2.